The van der Waals surface area contributed by atoms with Crippen LogP contribution in [-0.4, -0.2) is 58.8 Å². The molecule has 1 saturated heterocycles. The van der Waals surface area contributed by atoms with E-state index in [4.69, 9.17) is 4.98 Å². The predicted octanol–water partition coefficient (Wildman–Crippen LogP) is 4.46. The van der Waals surface area contributed by atoms with Crippen molar-refractivity contribution in [2.75, 3.05) is 48.7 Å². The molecule has 0 unspecified atom stereocenters. The van der Waals surface area contributed by atoms with Crippen molar-refractivity contribution in [2.45, 2.75) is 44.8 Å². The van der Waals surface area contributed by atoms with Gasteiger partial charge in [0.05, 0.1) is 16.7 Å². The monoisotopic (exact) mass is 493 g/mol. The minimum atomic E-state index is -0.110. The van der Waals surface area contributed by atoms with Crippen LogP contribution in [-0.2, 0) is 11.3 Å². The Hall–Kier alpha value is -2.84. The Morgan fingerprint density at radius 2 is 1.77 bits per heavy atom. The number of aromatic nitrogens is 2. The van der Waals surface area contributed by atoms with Gasteiger partial charge in [-0.1, -0.05) is 37.7 Å². The number of carbonyl (C=O) groups excluding carboxylic acids is 1. The summed E-state index contributed by atoms with van der Waals surface area (Å²) in [7, 11) is 0. The van der Waals surface area contributed by atoms with E-state index in [1.165, 1.54) is 30.3 Å². The number of fused-ring (bicyclic) bond motifs is 1. The molecule has 4 rings (SSSR count). The highest BCUT2D eigenvalue weighted by molar-refractivity contribution is 7.99. The lowest BCUT2D eigenvalue weighted by molar-refractivity contribution is -0.113. The fraction of sp³-hybridized carbons (Fsp3) is 0.444. The van der Waals surface area contributed by atoms with Gasteiger partial charge >= 0.3 is 0 Å². The zero-order valence-corrected chi connectivity index (χ0v) is 21.5. The van der Waals surface area contributed by atoms with Gasteiger partial charge in [-0.3, -0.25) is 14.2 Å². The number of thioether (sulfide) groups is 1. The predicted molar refractivity (Wildman–Crippen MR) is 146 cm³/mol. The van der Waals surface area contributed by atoms with Crippen LogP contribution in [0.1, 0.15) is 33.1 Å². The zero-order valence-electron chi connectivity index (χ0n) is 20.7. The van der Waals surface area contributed by atoms with Crippen molar-refractivity contribution in [3.63, 3.8) is 0 Å². The van der Waals surface area contributed by atoms with E-state index in [-0.39, 0.29) is 17.2 Å². The van der Waals surface area contributed by atoms with Crippen molar-refractivity contribution >= 4 is 39.9 Å². The van der Waals surface area contributed by atoms with E-state index in [0.717, 1.165) is 44.8 Å². The van der Waals surface area contributed by atoms with Crippen LogP contribution in [0, 0.1) is 0 Å². The first-order valence-corrected chi connectivity index (χ1v) is 13.6. The molecule has 0 aliphatic carbocycles. The van der Waals surface area contributed by atoms with Crippen LogP contribution < -0.4 is 15.8 Å². The number of carbonyl (C=O) groups is 1. The molecular formula is C27H35N5O2S. The molecule has 0 atom stereocenters. The Kier molecular flexibility index (Phi) is 8.82. The van der Waals surface area contributed by atoms with E-state index in [1.54, 1.807) is 4.57 Å². The molecule has 7 nitrogen and oxygen atoms in total. The summed E-state index contributed by atoms with van der Waals surface area (Å²) in [6.45, 7) is 9.96. The third-order valence-corrected chi connectivity index (χ3v) is 7.51. The average Bonchev–Trinajstić information content (AvgIpc) is 3.42. The van der Waals surface area contributed by atoms with Gasteiger partial charge in [0.1, 0.15) is 0 Å². The molecule has 2 aromatic carbocycles. The Labute approximate surface area is 211 Å². The molecule has 1 aliphatic rings. The lowest BCUT2D eigenvalue weighted by Gasteiger charge is -2.19. The van der Waals surface area contributed by atoms with Crippen LogP contribution in [0.15, 0.2) is 58.5 Å². The van der Waals surface area contributed by atoms with Crippen LogP contribution in [0.5, 0.6) is 0 Å². The van der Waals surface area contributed by atoms with Crippen molar-refractivity contribution in [1.82, 2.24) is 14.5 Å². The van der Waals surface area contributed by atoms with Gasteiger partial charge in [-0.25, -0.2) is 4.98 Å². The Morgan fingerprint density at radius 3 is 2.49 bits per heavy atom. The molecule has 35 heavy (non-hydrogen) atoms. The second-order valence-electron chi connectivity index (χ2n) is 8.83. The normalized spacial score (nSPS) is 13.6. The summed E-state index contributed by atoms with van der Waals surface area (Å²) in [4.78, 5) is 35.4. The van der Waals surface area contributed by atoms with E-state index in [2.05, 4.69) is 41.1 Å². The minimum Gasteiger partial charge on any atom is -0.372 e. The van der Waals surface area contributed by atoms with E-state index in [0.29, 0.717) is 22.6 Å². The van der Waals surface area contributed by atoms with Crippen LogP contribution >= 0.6 is 11.8 Å². The summed E-state index contributed by atoms with van der Waals surface area (Å²) >= 11 is 1.32. The van der Waals surface area contributed by atoms with Gasteiger partial charge in [-0.2, -0.15) is 0 Å². The largest absolute Gasteiger partial charge is 0.372 e. The third-order valence-electron chi connectivity index (χ3n) is 6.53. The number of nitrogens with one attached hydrogen (secondary N) is 1. The summed E-state index contributed by atoms with van der Waals surface area (Å²) in [5.74, 6) is 0.0790. The van der Waals surface area contributed by atoms with Crippen LogP contribution in [0.4, 0.5) is 11.4 Å². The Morgan fingerprint density at radius 1 is 1.06 bits per heavy atom. The first-order chi connectivity index (χ1) is 17.1. The standard InChI is InChI=1S/C27H35N5O2S/c1-3-30(4-2)16-9-19-32-26(34)23-10-5-6-11-24(23)29-27(32)35-20-25(33)28-21-12-14-22(15-13-21)31-17-7-8-18-31/h5-6,10-15H,3-4,7-9,16-20H2,1-2H3,(H,28,33). The van der Waals surface area contributed by atoms with E-state index < -0.39 is 0 Å². The highest BCUT2D eigenvalue weighted by Gasteiger charge is 2.15. The molecule has 0 saturated carbocycles. The summed E-state index contributed by atoms with van der Waals surface area (Å²) in [5, 5.41) is 4.18. The summed E-state index contributed by atoms with van der Waals surface area (Å²) in [6.07, 6.45) is 3.32. The van der Waals surface area contributed by atoms with Gasteiger partial charge in [0.2, 0.25) is 5.91 Å². The molecule has 3 aromatic rings. The lowest BCUT2D eigenvalue weighted by Crippen LogP contribution is -2.28. The van der Waals surface area contributed by atoms with Gasteiger partial charge in [-0.15, -0.1) is 0 Å². The van der Waals surface area contributed by atoms with E-state index in [9.17, 15) is 9.59 Å². The van der Waals surface area contributed by atoms with Crippen molar-refractivity contribution in [3.8, 4) is 0 Å². The second kappa shape index (κ2) is 12.2. The smallest absolute Gasteiger partial charge is 0.262 e. The number of nitrogens with zero attached hydrogens (tertiary/aromatic N) is 4. The molecule has 1 N–H and O–H groups in total. The zero-order chi connectivity index (χ0) is 24.6. The molecule has 1 aromatic heterocycles. The van der Waals surface area contributed by atoms with Crippen LogP contribution in [0.3, 0.4) is 0 Å². The molecule has 0 radical (unpaired) electrons. The molecule has 1 fully saturated rings. The summed E-state index contributed by atoms with van der Waals surface area (Å²) in [6, 6.07) is 15.4. The summed E-state index contributed by atoms with van der Waals surface area (Å²) < 4.78 is 1.73. The van der Waals surface area contributed by atoms with Crippen molar-refractivity contribution in [2.24, 2.45) is 0 Å². The number of anilines is 2. The number of amides is 1. The van der Waals surface area contributed by atoms with Gasteiger partial charge in [-0.05, 0) is 75.3 Å². The first-order valence-electron chi connectivity index (χ1n) is 12.6. The fourth-order valence-electron chi connectivity index (χ4n) is 4.51. The molecule has 2 heterocycles. The Balaban J connectivity index is 1.43. The third kappa shape index (κ3) is 6.44. The molecule has 0 spiro atoms. The van der Waals surface area contributed by atoms with Gasteiger partial charge in [0.15, 0.2) is 5.16 Å². The molecule has 0 bridgehead atoms. The van der Waals surface area contributed by atoms with E-state index in [1.807, 2.05) is 36.4 Å². The molecule has 1 aliphatic heterocycles. The second-order valence-corrected chi connectivity index (χ2v) is 9.77. The fourth-order valence-corrected chi connectivity index (χ4v) is 5.33. The lowest BCUT2D eigenvalue weighted by atomic mass is 10.2. The quantitative estimate of drug-likeness (QED) is 0.314. The van der Waals surface area contributed by atoms with Crippen LogP contribution in [0.25, 0.3) is 10.9 Å². The number of para-hydroxylation sites is 1. The van der Waals surface area contributed by atoms with Crippen LogP contribution in [0.2, 0.25) is 0 Å². The average molecular weight is 494 g/mol. The molecule has 8 heteroatoms. The highest BCUT2D eigenvalue weighted by Crippen LogP contribution is 2.23. The summed E-state index contributed by atoms with van der Waals surface area (Å²) in [5.41, 5.74) is 2.60. The SMILES string of the molecule is CCN(CC)CCCn1c(SCC(=O)Nc2ccc(N3CCCC3)cc2)nc2ccccc2c1=O. The molecular weight excluding hydrogens is 458 g/mol. The maximum absolute atomic E-state index is 13.2. The van der Waals surface area contributed by atoms with Gasteiger partial charge in [0, 0.05) is 31.0 Å². The number of benzene rings is 2. The van der Waals surface area contributed by atoms with Gasteiger partial charge in [0.25, 0.3) is 5.56 Å². The molecule has 186 valence electrons. The molecule has 1 amide bonds. The van der Waals surface area contributed by atoms with Crippen molar-refractivity contribution in [1.29, 1.82) is 0 Å². The number of hydrogen-bond acceptors (Lipinski definition) is 6. The Bertz CT molecular complexity index is 1180. The van der Waals surface area contributed by atoms with Gasteiger partial charge < -0.3 is 15.1 Å². The van der Waals surface area contributed by atoms with E-state index >= 15 is 0 Å². The maximum atomic E-state index is 13.2. The van der Waals surface area contributed by atoms with Crippen molar-refractivity contribution < 1.29 is 4.79 Å². The number of rotatable bonds is 11. The van der Waals surface area contributed by atoms with Crippen molar-refractivity contribution in [3.05, 3.63) is 58.9 Å². The maximum Gasteiger partial charge on any atom is 0.262 e. The number of hydrogen-bond donors (Lipinski definition) is 1. The first kappa shape index (κ1) is 25.3. The minimum absolute atomic E-state index is 0.0458. The highest BCUT2D eigenvalue weighted by atomic mass is 32.2. The topological polar surface area (TPSA) is 70.5 Å².